The van der Waals surface area contributed by atoms with Gasteiger partial charge in [0, 0.05) is 0 Å². The van der Waals surface area contributed by atoms with Crippen molar-refractivity contribution in [2.45, 2.75) is 62.8 Å². The quantitative estimate of drug-likeness (QED) is 0.519. The average molecular weight is 459 g/mol. The van der Waals surface area contributed by atoms with Crippen LogP contribution in [0, 0.1) is 27.7 Å². The van der Waals surface area contributed by atoms with Crippen molar-refractivity contribution in [3.8, 4) is 0 Å². The molecule has 2 aromatic carbocycles. The van der Waals surface area contributed by atoms with Crippen molar-refractivity contribution in [3.63, 3.8) is 0 Å². The first-order valence-electron chi connectivity index (χ1n) is 10.2. The van der Waals surface area contributed by atoms with E-state index in [0.29, 0.717) is 8.45 Å². The van der Waals surface area contributed by atoms with Crippen molar-refractivity contribution in [1.29, 1.82) is 0 Å². The van der Waals surface area contributed by atoms with Gasteiger partial charge in [-0.2, -0.15) is 0 Å². The molecular weight excluding hydrogens is 431 g/mol. The molecule has 2 aromatic rings. The first-order chi connectivity index (χ1) is 12.9. The molecule has 0 saturated heterocycles. The largest absolute Gasteiger partial charge is 1.00 e. The molecule has 3 heteroatoms. The van der Waals surface area contributed by atoms with E-state index in [1.54, 1.807) is 44.5 Å². The van der Waals surface area contributed by atoms with Gasteiger partial charge in [-0.1, -0.05) is 0 Å². The number of hydrogen-bond acceptors (Lipinski definition) is 0. The van der Waals surface area contributed by atoms with E-state index in [-0.39, 0.29) is 44.0 Å². The third-order valence-corrected chi connectivity index (χ3v) is 10.7. The predicted octanol–water partition coefficient (Wildman–Crippen LogP) is 1.16. The molecule has 4 bridgehead atoms. The van der Waals surface area contributed by atoms with Crippen molar-refractivity contribution >= 4 is 11.1 Å². The minimum absolute atomic E-state index is 0. The summed E-state index contributed by atoms with van der Waals surface area (Å²) in [5, 5.41) is 0. The topological polar surface area (TPSA) is 0 Å². The van der Waals surface area contributed by atoms with E-state index in [2.05, 4.69) is 65.8 Å². The van der Waals surface area contributed by atoms with Crippen LogP contribution in [-0.2, 0) is 19.2 Å². The van der Waals surface area contributed by atoms with E-state index >= 15 is 0 Å². The standard InChI is InChI=1S/C26H28.2ClH.Ti/c1-15-9-21-11-19(5)23(25(21)13-17(15)3)7-8-24-20(6)12-22-10-16(2)18(4)14-26(22)24;;;/h9-14H,7-8H2,1-6H3;2*1H;/q;;;+2/p-2. The number of fused-ring (bicyclic) bond motifs is 8. The van der Waals surface area contributed by atoms with Gasteiger partial charge in [0.2, 0.25) is 0 Å². The molecule has 29 heavy (non-hydrogen) atoms. The molecule has 0 spiro atoms. The summed E-state index contributed by atoms with van der Waals surface area (Å²) in [5.41, 5.74) is 19.0. The number of aryl methyl sites for hydroxylation is 4. The zero-order chi connectivity index (χ0) is 19.0. The number of rotatable bonds is 0. The van der Waals surface area contributed by atoms with E-state index in [0.717, 1.165) is 0 Å². The van der Waals surface area contributed by atoms with Crippen molar-refractivity contribution in [1.82, 2.24) is 0 Å². The van der Waals surface area contributed by atoms with Gasteiger partial charge in [-0.05, 0) is 0 Å². The fourth-order valence-electron chi connectivity index (χ4n) is 5.43. The maximum atomic E-state index is 2.52. The molecular formula is C26H28Cl2Ti. The molecule has 0 radical (unpaired) electrons. The summed E-state index contributed by atoms with van der Waals surface area (Å²) >= 11 is -0.186. The van der Waals surface area contributed by atoms with Gasteiger partial charge < -0.3 is 24.8 Å². The fourth-order valence-corrected chi connectivity index (χ4v) is 8.58. The monoisotopic (exact) mass is 458 g/mol. The van der Waals surface area contributed by atoms with E-state index in [9.17, 15) is 0 Å². The van der Waals surface area contributed by atoms with Gasteiger partial charge in [-0.15, -0.1) is 0 Å². The van der Waals surface area contributed by atoms with E-state index in [1.165, 1.54) is 35.1 Å². The van der Waals surface area contributed by atoms with Gasteiger partial charge in [0.15, 0.2) is 0 Å². The van der Waals surface area contributed by atoms with Gasteiger partial charge in [0.05, 0.1) is 0 Å². The van der Waals surface area contributed by atoms with Crippen molar-refractivity contribution in [3.05, 3.63) is 79.9 Å². The fraction of sp³-hybridized carbons (Fsp3) is 0.385. The number of halogens is 2. The maximum Gasteiger partial charge on any atom is -1.00 e. The Balaban J connectivity index is 0.00000120. The number of benzene rings is 2. The molecule has 2 atom stereocenters. The van der Waals surface area contributed by atoms with Crippen LogP contribution < -0.4 is 24.8 Å². The third kappa shape index (κ3) is 3.32. The van der Waals surface area contributed by atoms with Crippen LogP contribution in [0.1, 0.15) is 79.6 Å². The van der Waals surface area contributed by atoms with Gasteiger partial charge in [0.25, 0.3) is 0 Å². The molecule has 0 fully saturated rings. The summed E-state index contributed by atoms with van der Waals surface area (Å²) in [6.45, 7) is 14.0. The van der Waals surface area contributed by atoms with Crippen molar-refractivity contribution in [2.24, 2.45) is 0 Å². The van der Waals surface area contributed by atoms with Gasteiger partial charge >= 0.3 is 173 Å². The summed E-state index contributed by atoms with van der Waals surface area (Å²) in [6.07, 6.45) is 2.41. The molecule has 1 aliphatic heterocycles. The minimum atomic E-state index is -0.186. The Kier molecular flexibility index (Phi) is 6.35. The molecule has 0 saturated carbocycles. The van der Waals surface area contributed by atoms with Crippen LogP contribution in [0.25, 0.3) is 11.1 Å². The second kappa shape index (κ2) is 8.04. The Bertz CT molecular complexity index is 989. The summed E-state index contributed by atoms with van der Waals surface area (Å²) in [4.78, 5) is 0. The van der Waals surface area contributed by atoms with Crippen molar-refractivity contribution < 1.29 is 44.0 Å². The molecule has 2 aliphatic carbocycles. The third-order valence-electron chi connectivity index (χ3n) is 7.38. The number of hydrogen-bond donors (Lipinski definition) is 0. The predicted molar refractivity (Wildman–Crippen MR) is 112 cm³/mol. The minimum Gasteiger partial charge on any atom is -1.00 e. The zero-order valence-electron chi connectivity index (χ0n) is 18.1. The summed E-state index contributed by atoms with van der Waals surface area (Å²) < 4.78 is 1.42. The molecule has 0 nitrogen and oxygen atoms in total. The van der Waals surface area contributed by atoms with Crippen LogP contribution in [0.2, 0.25) is 0 Å². The Morgan fingerprint density at radius 1 is 0.586 bits per heavy atom. The maximum absolute atomic E-state index is 2.52. The summed E-state index contributed by atoms with van der Waals surface area (Å²) in [7, 11) is 0. The van der Waals surface area contributed by atoms with Crippen LogP contribution in [0.5, 0.6) is 0 Å². The normalized spacial score (nSPS) is 21.0. The molecule has 0 N–H and O–H groups in total. The van der Waals surface area contributed by atoms with Crippen LogP contribution in [0.4, 0.5) is 0 Å². The molecule has 5 rings (SSSR count). The molecule has 1 heterocycles. The Labute approximate surface area is 197 Å². The molecule has 0 amide bonds. The Morgan fingerprint density at radius 3 is 1.31 bits per heavy atom. The van der Waals surface area contributed by atoms with Crippen LogP contribution in [0.3, 0.4) is 0 Å². The SMILES string of the molecule is CC1=C2CCC3=C(C)[CH]([Ti+2][CH]1c1cc(C)c(C)cc12)c1cc(C)c(C)cc13.[Cl-].[Cl-]. The van der Waals surface area contributed by atoms with Crippen LogP contribution in [0.15, 0.2) is 35.4 Å². The van der Waals surface area contributed by atoms with Gasteiger partial charge in [0.1, 0.15) is 0 Å². The van der Waals surface area contributed by atoms with E-state index < -0.39 is 0 Å². The summed E-state index contributed by atoms with van der Waals surface area (Å²) in [6, 6.07) is 10.0. The molecule has 0 aromatic heterocycles. The van der Waals surface area contributed by atoms with Crippen LogP contribution in [-0.4, -0.2) is 0 Å². The van der Waals surface area contributed by atoms with E-state index in [4.69, 9.17) is 0 Å². The van der Waals surface area contributed by atoms with E-state index in [1.807, 2.05) is 0 Å². The van der Waals surface area contributed by atoms with Crippen molar-refractivity contribution in [2.75, 3.05) is 0 Å². The van der Waals surface area contributed by atoms with Crippen LogP contribution >= 0.6 is 0 Å². The number of allylic oxidation sites excluding steroid dienone is 4. The first kappa shape index (κ1) is 22.9. The second-order valence-electron chi connectivity index (χ2n) is 8.90. The Hall–Kier alpha value is -0.786. The zero-order valence-corrected chi connectivity index (χ0v) is 21.2. The molecule has 3 aliphatic rings. The summed E-state index contributed by atoms with van der Waals surface area (Å²) in [5.74, 6) is 0. The van der Waals surface area contributed by atoms with Gasteiger partial charge in [-0.3, -0.25) is 0 Å². The molecule has 2 unspecified atom stereocenters. The smallest absolute Gasteiger partial charge is 1.00 e. The Morgan fingerprint density at radius 2 is 0.931 bits per heavy atom. The van der Waals surface area contributed by atoms with Gasteiger partial charge in [-0.25, -0.2) is 0 Å². The first-order valence-corrected chi connectivity index (χ1v) is 12.1. The molecule has 150 valence electrons. The second-order valence-corrected chi connectivity index (χ2v) is 11.2. The average Bonchev–Trinajstić information content (AvgIpc) is 3.02.